The van der Waals surface area contributed by atoms with Gasteiger partial charge in [-0.15, -0.1) is 15.0 Å². The first kappa shape index (κ1) is 12.5. The van der Waals surface area contributed by atoms with E-state index in [1.165, 1.54) is 4.80 Å². The molecule has 5 heteroatoms. The van der Waals surface area contributed by atoms with Crippen LogP contribution in [-0.4, -0.2) is 20.2 Å². The van der Waals surface area contributed by atoms with Crippen molar-refractivity contribution in [2.45, 2.75) is 13.3 Å². The number of benzene rings is 2. The highest BCUT2D eigenvalue weighted by Crippen LogP contribution is 2.11. The predicted octanol–water partition coefficient (Wildman–Crippen LogP) is 2.51. The van der Waals surface area contributed by atoms with Crippen LogP contribution in [0.5, 0.6) is 0 Å². The van der Waals surface area contributed by atoms with Gasteiger partial charge in [-0.25, -0.2) is 0 Å². The van der Waals surface area contributed by atoms with Crippen molar-refractivity contribution >= 4 is 0 Å². The maximum Gasteiger partial charge on any atom is 0.205 e. The van der Waals surface area contributed by atoms with Crippen LogP contribution in [0.2, 0.25) is 0 Å². The van der Waals surface area contributed by atoms with Gasteiger partial charge in [0.25, 0.3) is 0 Å². The Hall–Kier alpha value is -2.53. The molecule has 0 aliphatic rings. The van der Waals surface area contributed by atoms with Gasteiger partial charge in [0, 0.05) is 5.56 Å². The van der Waals surface area contributed by atoms with Gasteiger partial charge in [-0.1, -0.05) is 60.7 Å². The average Bonchev–Trinajstić information content (AvgIpc) is 2.98. The average molecular weight is 266 g/mol. The molecule has 5 nitrogen and oxygen atoms in total. The summed E-state index contributed by atoms with van der Waals surface area (Å²) in [7, 11) is 0. The highest BCUT2D eigenvalue weighted by atomic mass is 16.5. The second-order valence-corrected chi connectivity index (χ2v) is 4.31. The molecule has 1 heterocycles. The van der Waals surface area contributed by atoms with Gasteiger partial charge in [0.05, 0.1) is 6.61 Å². The van der Waals surface area contributed by atoms with E-state index in [2.05, 4.69) is 15.4 Å². The molecule has 0 fully saturated rings. The second-order valence-electron chi connectivity index (χ2n) is 4.31. The van der Waals surface area contributed by atoms with E-state index < -0.39 is 0 Å². The minimum atomic E-state index is 0.286. The van der Waals surface area contributed by atoms with Crippen molar-refractivity contribution in [3.8, 4) is 11.4 Å². The normalized spacial score (nSPS) is 10.6. The Labute approximate surface area is 116 Å². The van der Waals surface area contributed by atoms with E-state index >= 15 is 0 Å². The minimum Gasteiger partial charge on any atom is -0.353 e. The van der Waals surface area contributed by atoms with E-state index in [-0.39, 0.29) is 6.73 Å². The van der Waals surface area contributed by atoms with E-state index in [0.29, 0.717) is 12.4 Å². The zero-order valence-electron chi connectivity index (χ0n) is 10.9. The summed E-state index contributed by atoms with van der Waals surface area (Å²) in [6.07, 6.45) is 0. The third-order valence-corrected chi connectivity index (χ3v) is 2.80. The molecule has 2 aromatic carbocycles. The molecule has 0 radical (unpaired) electrons. The summed E-state index contributed by atoms with van der Waals surface area (Å²) in [5, 5.41) is 12.3. The van der Waals surface area contributed by atoms with Crippen LogP contribution < -0.4 is 0 Å². The lowest BCUT2D eigenvalue weighted by molar-refractivity contribution is 0.0459. The Balaban J connectivity index is 1.58. The number of hydrogen-bond acceptors (Lipinski definition) is 4. The second kappa shape index (κ2) is 6.08. The van der Waals surface area contributed by atoms with Crippen LogP contribution in [0.25, 0.3) is 11.4 Å². The van der Waals surface area contributed by atoms with Gasteiger partial charge >= 0.3 is 0 Å². The molecule has 1 aromatic heterocycles. The van der Waals surface area contributed by atoms with E-state index in [9.17, 15) is 0 Å². The van der Waals surface area contributed by atoms with Crippen molar-refractivity contribution in [2.75, 3.05) is 0 Å². The third kappa shape index (κ3) is 3.07. The molecule has 0 aliphatic carbocycles. The van der Waals surface area contributed by atoms with Crippen LogP contribution in [0.1, 0.15) is 5.56 Å². The zero-order valence-corrected chi connectivity index (χ0v) is 10.9. The van der Waals surface area contributed by atoms with Crippen LogP contribution in [0.3, 0.4) is 0 Å². The van der Waals surface area contributed by atoms with Crippen LogP contribution in [0.15, 0.2) is 60.7 Å². The quantitative estimate of drug-likeness (QED) is 0.712. The number of tetrazole rings is 1. The molecule has 0 spiro atoms. The highest BCUT2D eigenvalue weighted by molar-refractivity contribution is 5.52. The van der Waals surface area contributed by atoms with Crippen molar-refractivity contribution in [3.05, 3.63) is 66.2 Å². The Kier molecular flexibility index (Phi) is 3.80. The number of aromatic nitrogens is 4. The fraction of sp³-hybridized carbons (Fsp3) is 0.133. The van der Waals surface area contributed by atoms with Crippen molar-refractivity contribution in [1.82, 2.24) is 20.2 Å². The molecule has 0 amide bonds. The topological polar surface area (TPSA) is 52.8 Å². The van der Waals surface area contributed by atoms with Gasteiger partial charge in [-0.2, -0.15) is 0 Å². The first-order valence-corrected chi connectivity index (χ1v) is 6.37. The Morgan fingerprint density at radius 3 is 2.35 bits per heavy atom. The van der Waals surface area contributed by atoms with Gasteiger partial charge in [-0.05, 0) is 10.8 Å². The molecular weight excluding hydrogens is 252 g/mol. The molecule has 20 heavy (non-hydrogen) atoms. The standard InChI is InChI=1S/C15H14N4O/c1-3-7-13(8-4-1)11-20-12-19-17-15(16-18-19)14-9-5-2-6-10-14/h1-10H,11-12H2. The lowest BCUT2D eigenvalue weighted by Gasteiger charge is -2.02. The maximum absolute atomic E-state index is 5.55. The molecule has 0 N–H and O–H groups in total. The predicted molar refractivity (Wildman–Crippen MR) is 74.5 cm³/mol. The highest BCUT2D eigenvalue weighted by Gasteiger charge is 2.04. The largest absolute Gasteiger partial charge is 0.353 e. The molecule has 100 valence electrons. The summed E-state index contributed by atoms with van der Waals surface area (Å²) in [5.41, 5.74) is 2.07. The summed E-state index contributed by atoms with van der Waals surface area (Å²) < 4.78 is 5.55. The molecule has 3 rings (SSSR count). The molecule has 0 atom stereocenters. The molecule has 0 saturated heterocycles. The molecule has 0 aliphatic heterocycles. The first-order chi connectivity index (χ1) is 9.92. The van der Waals surface area contributed by atoms with Crippen LogP contribution in [0, 0.1) is 0 Å². The lowest BCUT2D eigenvalue weighted by atomic mass is 10.2. The summed E-state index contributed by atoms with van der Waals surface area (Å²) in [5.74, 6) is 0.605. The van der Waals surface area contributed by atoms with E-state index in [4.69, 9.17) is 4.74 Å². The Morgan fingerprint density at radius 2 is 1.60 bits per heavy atom. The number of nitrogens with zero attached hydrogens (tertiary/aromatic N) is 4. The Bertz CT molecular complexity index is 652. The first-order valence-electron chi connectivity index (χ1n) is 6.37. The van der Waals surface area contributed by atoms with Gasteiger partial charge in [-0.3, -0.25) is 0 Å². The monoisotopic (exact) mass is 266 g/mol. The Morgan fingerprint density at radius 1 is 0.900 bits per heavy atom. The number of ether oxygens (including phenoxy) is 1. The molecular formula is C15H14N4O. The van der Waals surface area contributed by atoms with Crippen molar-refractivity contribution in [1.29, 1.82) is 0 Å². The fourth-order valence-electron chi connectivity index (χ4n) is 1.82. The minimum absolute atomic E-state index is 0.286. The van der Waals surface area contributed by atoms with E-state index in [0.717, 1.165) is 11.1 Å². The molecule has 0 saturated carbocycles. The molecule has 0 unspecified atom stereocenters. The summed E-state index contributed by atoms with van der Waals surface area (Å²) >= 11 is 0. The van der Waals surface area contributed by atoms with Gasteiger partial charge < -0.3 is 4.74 Å². The smallest absolute Gasteiger partial charge is 0.205 e. The van der Waals surface area contributed by atoms with Crippen molar-refractivity contribution < 1.29 is 4.74 Å². The number of rotatable bonds is 5. The van der Waals surface area contributed by atoms with Crippen LogP contribution in [0.4, 0.5) is 0 Å². The zero-order chi connectivity index (χ0) is 13.6. The van der Waals surface area contributed by atoms with Gasteiger partial charge in [0.15, 0.2) is 6.73 Å². The van der Waals surface area contributed by atoms with Crippen LogP contribution in [-0.2, 0) is 18.1 Å². The van der Waals surface area contributed by atoms with Crippen LogP contribution >= 0.6 is 0 Å². The van der Waals surface area contributed by atoms with E-state index in [1.807, 2.05) is 60.7 Å². The fourth-order valence-corrected chi connectivity index (χ4v) is 1.82. The number of hydrogen-bond donors (Lipinski definition) is 0. The van der Waals surface area contributed by atoms with Crippen molar-refractivity contribution in [2.24, 2.45) is 0 Å². The summed E-state index contributed by atoms with van der Waals surface area (Å²) in [6, 6.07) is 19.7. The van der Waals surface area contributed by atoms with Gasteiger partial charge in [0.1, 0.15) is 0 Å². The summed E-state index contributed by atoms with van der Waals surface area (Å²) in [6.45, 7) is 0.817. The molecule has 0 bridgehead atoms. The third-order valence-electron chi connectivity index (χ3n) is 2.80. The SMILES string of the molecule is c1ccc(COCn2nnc(-c3ccccc3)n2)cc1. The summed E-state index contributed by atoms with van der Waals surface area (Å²) in [4.78, 5) is 1.45. The maximum atomic E-state index is 5.55. The molecule has 3 aromatic rings. The van der Waals surface area contributed by atoms with Crippen molar-refractivity contribution in [3.63, 3.8) is 0 Å². The van der Waals surface area contributed by atoms with E-state index in [1.54, 1.807) is 0 Å². The van der Waals surface area contributed by atoms with Gasteiger partial charge in [0.2, 0.25) is 5.82 Å². The lowest BCUT2D eigenvalue weighted by Crippen LogP contribution is -2.06.